The maximum absolute atomic E-state index is 12.2. The molecule has 0 saturated carbocycles. The van der Waals surface area contributed by atoms with Crippen molar-refractivity contribution >= 4 is 23.6 Å². The summed E-state index contributed by atoms with van der Waals surface area (Å²) in [5.41, 5.74) is 5.67. The monoisotopic (exact) mass is 417 g/mol. The summed E-state index contributed by atoms with van der Waals surface area (Å²) < 4.78 is 7.15. The highest BCUT2D eigenvalue weighted by Gasteiger charge is 2.17. The van der Waals surface area contributed by atoms with E-state index in [0.29, 0.717) is 12.2 Å². The zero-order valence-corrected chi connectivity index (χ0v) is 18.3. The van der Waals surface area contributed by atoms with Crippen LogP contribution in [0.2, 0.25) is 0 Å². The lowest BCUT2D eigenvalue weighted by Crippen LogP contribution is -2.29. The van der Waals surface area contributed by atoms with Gasteiger partial charge in [-0.15, -0.1) is 0 Å². The summed E-state index contributed by atoms with van der Waals surface area (Å²) in [5, 5.41) is 7.31. The van der Waals surface area contributed by atoms with Crippen LogP contribution in [0.25, 0.3) is 6.08 Å². The van der Waals surface area contributed by atoms with Gasteiger partial charge in [0.05, 0.1) is 12.2 Å². The van der Waals surface area contributed by atoms with E-state index in [1.807, 2.05) is 36.7 Å². The van der Waals surface area contributed by atoms with Gasteiger partial charge in [-0.05, 0) is 51.5 Å². The maximum Gasteiger partial charge on any atom is 0.331 e. The minimum atomic E-state index is -0.913. The molecule has 1 N–H and O–H groups in total. The number of ether oxygens (including phenoxy) is 1. The smallest absolute Gasteiger partial charge is 0.331 e. The van der Waals surface area contributed by atoms with Crippen LogP contribution < -0.4 is 5.32 Å². The molecule has 160 valence electrons. The van der Waals surface area contributed by atoms with E-state index >= 15 is 0 Å². The molecule has 1 unspecified atom stereocenters. The number of rotatable bonds is 7. The minimum Gasteiger partial charge on any atom is -0.449 e. The second-order valence-corrected chi connectivity index (χ2v) is 7.50. The lowest BCUT2D eigenvalue weighted by molar-refractivity contribution is -0.148. The molecule has 1 amide bonds. The summed E-state index contributed by atoms with van der Waals surface area (Å²) in [4.78, 5) is 24.4. The van der Waals surface area contributed by atoms with Crippen molar-refractivity contribution in [3.05, 3.63) is 88.8 Å². The van der Waals surface area contributed by atoms with Gasteiger partial charge >= 0.3 is 5.97 Å². The van der Waals surface area contributed by atoms with Crippen LogP contribution in [0, 0.1) is 20.8 Å². The molecule has 0 fully saturated rings. The number of hydrogen-bond acceptors (Lipinski definition) is 4. The average molecular weight is 418 g/mol. The molecule has 3 aromatic rings. The summed E-state index contributed by atoms with van der Waals surface area (Å²) in [6, 6.07) is 17.4. The fraction of sp³-hybridized carbons (Fsp3) is 0.240. The van der Waals surface area contributed by atoms with Gasteiger partial charge in [-0.2, -0.15) is 5.10 Å². The predicted octanol–water partition coefficient (Wildman–Crippen LogP) is 4.44. The molecular weight excluding hydrogens is 390 g/mol. The summed E-state index contributed by atoms with van der Waals surface area (Å²) in [7, 11) is 0. The number of anilines is 1. The standard InChI is InChI=1S/C25H27N3O3/c1-17-10-12-21(13-11-17)16-28-19(3)23(18(2)27-28)14-15-24(29)31-20(4)25(30)26-22-8-6-5-7-9-22/h5-15,20H,16H2,1-4H3,(H,26,30)/b15-14+. The highest BCUT2D eigenvalue weighted by molar-refractivity contribution is 5.96. The van der Waals surface area contributed by atoms with Gasteiger partial charge in [0.2, 0.25) is 0 Å². The lowest BCUT2D eigenvalue weighted by atomic mass is 10.1. The summed E-state index contributed by atoms with van der Waals surface area (Å²) in [6.07, 6.45) is 2.11. The molecule has 1 aromatic heterocycles. The van der Waals surface area contributed by atoms with Gasteiger partial charge in [0.25, 0.3) is 5.91 Å². The maximum atomic E-state index is 12.2. The molecule has 3 rings (SSSR count). The Morgan fingerprint density at radius 1 is 1.06 bits per heavy atom. The van der Waals surface area contributed by atoms with Gasteiger partial charge in [-0.3, -0.25) is 9.48 Å². The van der Waals surface area contributed by atoms with E-state index in [2.05, 4.69) is 41.6 Å². The molecule has 6 heteroatoms. The van der Waals surface area contributed by atoms with Crippen molar-refractivity contribution in [2.45, 2.75) is 40.3 Å². The Bertz CT molecular complexity index is 1080. The van der Waals surface area contributed by atoms with Gasteiger partial charge in [0.1, 0.15) is 0 Å². The van der Waals surface area contributed by atoms with Crippen molar-refractivity contribution < 1.29 is 14.3 Å². The molecule has 1 heterocycles. The number of para-hydroxylation sites is 1. The number of amides is 1. The van der Waals surface area contributed by atoms with Crippen molar-refractivity contribution in [3.63, 3.8) is 0 Å². The highest BCUT2D eigenvalue weighted by atomic mass is 16.5. The molecule has 31 heavy (non-hydrogen) atoms. The zero-order valence-electron chi connectivity index (χ0n) is 18.3. The first kappa shape index (κ1) is 22.0. The predicted molar refractivity (Wildman–Crippen MR) is 122 cm³/mol. The van der Waals surface area contributed by atoms with Crippen molar-refractivity contribution in [1.82, 2.24) is 9.78 Å². The first-order chi connectivity index (χ1) is 14.8. The Morgan fingerprint density at radius 2 is 1.74 bits per heavy atom. The van der Waals surface area contributed by atoms with E-state index < -0.39 is 12.1 Å². The van der Waals surface area contributed by atoms with Crippen LogP contribution in [-0.2, 0) is 20.9 Å². The van der Waals surface area contributed by atoms with Gasteiger partial charge in [-0.25, -0.2) is 4.79 Å². The van der Waals surface area contributed by atoms with Gasteiger partial charge in [-0.1, -0.05) is 48.0 Å². The number of esters is 1. The minimum absolute atomic E-state index is 0.383. The zero-order chi connectivity index (χ0) is 22.4. The first-order valence-corrected chi connectivity index (χ1v) is 10.2. The van der Waals surface area contributed by atoms with E-state index in [4.69, 9.17) is 4.74 Å². The molecule has 6 nitrogen and oxygen atoms in total. The van der Waals surface area contributed by atoms with E-state index in [1.54, 1.807) is 25.1 Å². The number of aromatic nitrogens is 2. The quantitative estimate of drug-likeness (QED) is 0.456. The molecule has 0 spiro atoms. The molecule has 2 aromatic carbocycles. The third-order valence-electron chi connectivity index (χ3n) is 4.98. The van der Waals surface area contributed by atoms with Crippen molar-refractivity contribution in [3.8, 4) is 0 Å². The van der Waals surface area contributed by atoms with Crippen LogP contribution in [0.5, 0.6) is 0 Å². The molecule has 0 bridgehead atoms. The van der Waals surface area contributed by atoms with Crippen molar-refractivity contribution in [2.24, 2.45) is 0 Å². The van der Waals surface area contributed by atoms with Crippen LogP contribution in [0.1, 0.15) is 35.0 Å². The Kier molecular flexibility index (Phi) is 7.03. The fourth-order valence-corrected chi connectivity index (χ4v) is 3.16. The number of nitrogens with one attached hydrogen (secondary N) is 1. The Balaban J connectivity index is 1.61. The van der Waals surface area contributed by atoms with Crippen LogP contribution in [0.15, 0.2) is 60.7 Å². The molecule has 0 saturated heterocycles. The molecule has 0 aliphatic heterocycles. The Hall–Kier alpha value is -3.67. The van der Waals surface area contributed by atoms with Crippen LogP contribution in [0.3, 0.4) is 0 Å². The first-order valence-electron chi connectivity index (χ1n) is 10.2. The van der Waals surface area contributed by atoms with Crippen LogP contribution >= 0.6 is 0 Å². The van der Waals surface area contributed by atoms with Crippen molar-refractivity contribution in [1.29, 1.82) is 0 Å². The molecular formula is C25H27N3O3. The third kappa shape index (κ3) is 5.92. The van der Waals surface area contributed by atoms with E-state index in [0.717, 1.165) is 22.5 Å². The number of carbonyl (C=O) groups is 2. The normalized spacial score (nSPS) is 12.0. The number of hydrogen-bond donors (Lipinski definition) is 1. The Labute approximate surface area is 182 Å². The topological polar surface area (TPSA) is 73.2 Å². The Morgan fingerprint density at radius 3 is 2.42 bits per heavy atom. The van der Waals surface area contributed by atoms with E-state index in [9.17, 15) is 9.59 Å². The SMILES string of the molecule is Cc1ccc(Cn2nc(C)c(/C=C/C(=O)OC(C)C(=O)Nc3ccccc3)c2C)cc1. The molecule has 0 aliphatic carbocycles. The third-order valence-corrected chi connectivity index (χ3v) is 4.98. The van der Waals surface area contributed by atoms with Gasteiger partial charge < -0.3 is 10.1 Å². The van der Waals surface area contributed by atoms with Crippen LogP contribution in [0.4, 0.5) is 5.69 Å². The number of nitrogens with zero attached hydrogens (tertiary/aromatic N) is 2. The molecule has 0 radical (unpaired) electrons. The average Bonchev–Trinajstić information content (AvgIpc) is 3.01. The molecule has 1 atom stereocenters. The fourth-order valence-electron chi connectivity index (χ4n) is 3.16. The summed E-state index contributed by atoms with van der Waals surface area (Å²) in [6.45, 7) is 8.12. The second-order valence-electron chi connectivity index (χ2n) is 7.50. The molecule has 0 aliphatic rings. The van der Waals surface area contributed by atoms with Crippen molar-refractivity contribution in [2.75, 3.05) is 5.32 Å². The number of carbonyl (C=O) groups excluding carboxylic acids is 2. The number of benzene rings is 2. The largest absolute Gasteiger partial charge is 0.449 e. The van der Waals surface area contributed by atoms with Crippen LogP contribution in [-0.4, -0.2) is 27.8 Å². The summed E-state index contributed by atoms with van der Waals surface area (Å²) in [5.74, 6) is -0.966. The lowest BCUT2D eigenvalue weighted by Gasteiger charge is -2.12. The van der Waals surface area contributed by atoms with Gasteiger partial charge in [0.15, 0.2) is 6.10 Å². The number of aryl methyl sites for hydroxylation is 2. The highest BCUT2D eigenvalue weighted by Crippen LogP contribution is 2.17. The van der Waals surface area contributed by atoms with Gasteiger partial charge in [0, 0.05) is 23.0 Å². The van der Waals surface area contributed by atoms with E-state index in [1.165, 1.54) is 11.6 Å². The second kappa shape index (κ2) is 9.89. The summed E-state index contributed by atoms with van der Waals surface area (Å²) >= 11 is 0. The van der Waals surface area contributed by atoms with E-state index in [-0.39, 0.29) is 5.91 Å².